The zero-order chi connectivity index (χ0) is 17.1. The maximum atomic E-state index is 12.5. The normalized spacial score (nSPS) is 14.2. The first-order valence-corrected chi connectivity index (χ1v) is 8.85. The van der Waals surface area contributed by atoms with E-state index >= 15 is 0 Å². The van der Waals surface area contributed by atoms with Crippen LogP contribution in [-0.4, -0.2) is 35.5 Å². The van der Waals surface area contributed by atoms with Gasteiger partial charge in [0.25, 0.3) is 0 Å². The van der Waals surface area contributed by atoms with E-state index in [-0.39, 0.29) is 5.91 Å². The number of amides is 1. The topological polar surface area (TPSA) is 45.3 Å². The Kier molecular flexibility index (Phi) is 4.42. The summed E-state index contributed by atoms with van der Waals surface area (Å²) in [7, 11) is 0. The zero-order valence-electron chi connectivity index (χ0n) is 14.2. The highest BCUT2D eigenvalue weighted by Gasteiger charge is 2.21. The van der Waals surface area contributed by atoms with Crippen molar-refractivity contribution in [2.75, 3.05) is 19.7 Å². The van der Waals surface area contributed by atoms with Crippen LogP contribution in [0, 0.1) is 0 Å². The van der Waals surface area contributed by atoms with Gasteiger partial charge in [-0.2, -0.15) is 0 Å². The summed E-state index contributed by atoms with van der Waals surface area (Å²) in [4.78, 5) is 18.0. The Hall–Kier alpha value is -2.75. The molecule has 1 aliphatic heterocycles. The van der Waals surface area contributed by atoms with Gasteiger partial charge in [-0.05, 0) is 30.2 Å². The minimum Gasteiger partial charge on any atom is -0.493 e. The highest BCUT2D eigenvalue weighted by molar-refractivity contribution is 5.85. The van der Waals surface area contributed by atoms with Gasteiger partial charge in [0.05, 0.1) is 13.0 Å². The van der Waals surface area contributed by atoms with Crippen LogP contribution in [0.5, 0.6) is 5.75 Å². The number of nitrogens with one attached hydrogen (secondary N) is 1. The third-order valence-corrected chi connectivity index (χ3v) is 4.85. The number of H-pyrrole nitrogens is 1. The minimum atomic E-state index is 0.172. The lowest BCUT2D eigenvalue weighted by atomic mass is 10.1. The Bertz CT molecular complexity index is 870. The van der Waals surface area contributed by atoms with Crippen LogP contribution in [0.2, 0.25) is 0 Å². The van der Waals surface area contributed by atoms with Crippen molar-refractivity contribution in [1.82, 2.24) is 9.88 Å². The van der Waals surface area contributed by atoms with Crippen molar-refractivity contribution in [3.63, 3.8) is 0 Å². The molecule has 2 aromatic carbocycles. The zero-order valence-corrected chi connectivity index (χ0v) is 14.2. The number of carbonyl (C=O) groups excluding carboxylic acids is 1. The van der Waals surface area contributed by atoms with E-state index in [1.807, 2.05) is 35.2 Å². The predicted octanol–water partition coefficient (Wildman–Crippen LogP) is 3.56. The van der Waals surface area contributed by atoms with Gasteiger partial charge in [-0.3, -0.25) is 4.79 Å². The standard InChI is InChI=1S/C21H22N2O2/c24-21(12-15-25-16-6-2-1-3-7-16)23-13-10-18-17-8-4-5-9-19(17)22-20(18)11-14-23/h1-9,22H,10-15H2. The molecular weight excluding hydrogens is 312 g/mol. The van der Waals surface area contributed by atoms with Crippen molar-refractivity contribution in [3.8, 4) is 5.75 Å². The van der Waals surface area contributed by atoms with E-state index in [1.54, 1.807) is 0 Å². The summed E-state index contributed by atoms with van der Waals surface area (Å²) >= 11 is 0. The van der Waals surface area contributed by atoms with Gasteiger partial charge >= 0.3 is 0 Å². The summed E-state index contributed by atoms with van der Waals surface area (Å²) in [6.07, 6.45) is 2.21. The van der Waals surface area contributed by atoms with Gasteiger partial charge in [-0.1, -0.05) is 36.4 Å². The minimum absolute atomic E-state index is 0.172. The van der Waals surface area contributed by atoms with E-state index in [2.05, 4.69) is 29.2 Å². The average molecular weight is 334 g/mol. The number of fused-ring (bicyclic) bond motifs is 3. The highest BCUT2D eigenvalue weighted by atomic mass is 16.5. The first kappa shape index (κ1) is 15.8. The number of ether oxygens (including phenoxy) is 1. The van der Waals surface area contributed by atoms with Crippen LogP contribution in [0.15, 0.2) is 54.6 Å². The van der Waals surface area contributed by atoms with E-state index in [0.717, 1.165) is 31.7 Å². The molecule has 4 rings (SSSR count). The van der Waals surface area contributed by atoms with Crippen LogP contribution < -0.4 is 4.74 Å². The van der Waals surface area contributed by atoms with Crippen LogP contribution in [0.3, 0.4) is 0 Å². The molecule has 4 nitrogen and oxygen atoms in total. The average Bonchev–Trinajstić information content (AvgIpc) is 2.86. The van der Waals surface area contributed by atoms with E-state index in [0.29, 0.717) is 13.0 Å². The van der Waals surface area contributed by atoms with Crippen LogP contribution in [0.25, 0.3) is 10.9 Å². The van der Waals surface area contributed by atoms with Crippen molar-refractivity contribution >= 4 is 16.8 Å². The first-order valence-electron chi connectivity index (χ1n) is 8.85. The van der Waals surface area contributed by atoms with Crippen molar-refractivity contribution in [2.45, 2.75) is 19.3 Å². The maximum absolute atomic E-state index is 12.5. The fourth-order valence-electron chi connectivity index (χ4n) is 3.54. The summed E-state index contributed by atoms with van der Waals surface area (Å²) in [5, 5.41) is 1.29. The molecule has 0 fully saturated rings. The highest BCUT2D eigenvalue weighted by Crippen LogP contribution is 2.25. The van der Waals surface area contributed by atoms with Crippen molar-refractivity contribution in [1.29, 1.82) is 0 Å². The fraction of sp³-hybridized carbons (Fsp3) is 0.286. The van der Waals surface area contributed by atoms with Gasteiger partial charge < -0.3 is 14.6 Å². The molecule has 1 N–H and O–H groups in total. The Balaban J connectivity index is 1.35. The summed E-state index contributed by atoms with van der Waals surface area (Å²) in [5.41, 5.74) is 3.84. The number of aromatic nitrogens is 1. The Morgan fingerprint density at radius 2 is 1.76 bits per heavy atom. The number of aromatic amines is 1. The molecule has 4 heteroatoms. The monoisotopic (exact) mass is 334 g/mol. The van der Waals surface area contributed by atoms with Crippen molar-refractivity contribution in [3.05, 3.63) is 65.9 Å². The Morgan fingerprint density at radius 3 is 2.64 bits per heavy atom. The summed E-state index contributed by atoms with van der Waals surface area (Å²) in [5.74, 6) is 0.984. The Labute approximate surface area is 147 Å². The number of hydrogen-bond donors (Lipinski definition) is 1. The molecule has 1 aromatic heterocycles. The number of nitrogens with zero attached hydrogens (tertiary/aromatic N) is 1. The third kappa shape index (κ3) is 3.38. The molecular formula is C21H22N2O2. The summed E-state index contributed by atoms with van der Waals surface area (Å²) in [6.45, 7) is 1.97. The van der Waals surface area contributed by atoms with Crippen LogP contribution in [0.1, 0.15) is 17.7 Å². The smallest absolute Gasteiger partial charge is 0.226 e. The second-order valence-electron chi connectivity index (χ2n) is 6.42. The molecule has 0 saturated carbocycles. The molecule has 128 valence electrons. The SMILES string of the molecule is O=C(CCOc1ccccc1)N1CCc2[nH]c3ccccc3c2CC1. The molecule has 0 saturated heterocycles. The first-order chi connectivity index (χ1) is 12.3. The van der Waals surface area contributed by atoms with Gasteiger partial charge in [0.2, 0.25) is 5.91 Å². The van der Waals surface area contributed by atoms with Gasteiger partial charge in [0.15, 0.2) is 0 Å². The number of rotatable bonds is 4. The van der Waals surface area contributed by atoms with E-state index < -0.39 is 0 Å². The quantitative estimate of drug-likeness (QED) is 0.793. The van der Waals surface area contributed by atoms with Crippen LogP contribution in [-0.2, 0) is 17.6 Å². The largest absolute Gasteiger partial charge is 0.493 e. The second-order valence-corrected chi connectivity index (χ2v) is 6.42. The summed E-state index contributed by atoms with van der Waals surface area (Å²) in [6, 6.07) is 18.1. The molecule has 1 aliphatic rings. The predicted molar refractivity (Wildman–Crippen MR) is 98.8 cm³/mol. The number of carbonyl (C=O) groups is 1. The van der Waals surface area contributed by atoms with Crippen LogP contribution in [0.4, 0.5) is 0 Å². The molecule has 1 amide bonds. The maximum Gasteiger partial charge on any atom is 0.226 e. The molecule has 0 unspecified atom stereocenters. The number of para-hydroxylation sites is 2. The third-order valence-electron chi connectivity index (χ3n) is 4.85. The number of benzene rings is 2. The van der Waals surface area contributed by atoms with Crippen molar-refractivity contribution < 1.29 is 9.53 Å². The lowest BCUT2D eigenvalue weighted by Gasteiger charge is -2.20. The van der Waals surface area contributed by atoms with E-state index in [9.17, 15) is 4.79 Å². The molecule has 0 aliphatic carbocycles. The molecule has 0 atom stereocenters. The van der Waals surface area contributed by atoms with Gasteiger partial charge in [-0.25, -0.2) is 0 Å². The lowest BCUT2D eigenvalue weighted by Crippen LogP contribution is -2.34. The molecule has 0 radical (unpaired) electrons. The molecule has 2 heterocycles. The van der Waals surface area contributed by atoms with E-state index in [1.165, 1.54) is 22.2 Å². The van der Waals surface area contributed by atoms with Crippen molar-refractivity contribution in [2.24, 2.45) is 0 Å². The van der Waals surface area contributed by atoms with Gasteiger partial charge in [0.1, 0.15) is 5.75 Å². The molecule has 3 aromatic rings. The van der Waals surface area contributed by atoms with Crippen LogP contribution >= 0.6 is 0 Å². The fourth-order valence-corrected chi connectivity index (χ4v) is 3.54. The summed E-state index contributed by atoms with van der Waals surface area (Å²) < 4.78 is 5.65. The molecule has 0 bridgehead atoms. The van der Waals surface area contributed by atoms with Gasteiger partial charge in [0, 0.05) is 36.1 Å². The van der Waals surface area contributed by atoms with Gasteiger partial charge in [-0.15, -0.1) is 0 Å². The molecule has 25 heavy (non-hydrogen) atoms. The number of hydrogen-bond acceptors (Lipinski definition) is 2. The second kappa shape index (κ2) is 7.01. The lowest BCUT2D eigenvalue weighted by molar-refractivity contribution is -0.131. The van der Waals surface area contributed by atoms with E-state index in [4.69, 9.17) is 4.74 Å². The molecule has 0 spiro atoms. The Morgan fingerprint density at radius 1 is 1.00 bits per heavy atom.